The van der Waals surface area contributed by atoms with E-state index < -0.39 is 0 Å². The number of benzene rings is 4. The van der Waals surface area contributed by atoms with Gasteiger partial charge in [0.25, 0.3) is 0 Å². The van der Waals surface area contributed by atoms with Crippen molar-refractivity contribution in [3.05, 3.63) is 231 Å². The van der Waals surface area contributed by atoms with Gasteiger partial charge in [-0.3, -0.25) is 22.9 Å². The monoisotopic (exact) mass is 1630 g/mol. The molecule has 614 valence electrons. The van der Waals surface area contributed by atoms with Gasteiger partial charge in [-0.1, -0.05) is 235 Å². The average molecular weight is 1630 g/mol. The zero-order valence-corrected chi connectivity index (χ0v) is 76.5. The maximum atomic E-state index is 5.62. The van der Waals surface area contributed by atoms with Gasteiger partial charge in [-0.2, -0.15) is 10.2 Å². The number of imidazole rings is 4. The lowest BCUT2D eigenvalue weighted by atomic mass is 9.90. The molecule has 0 N–H and O–H groups in total. The van der Waals surface area contributed by atoms with Crippen LogP contribution in [0, 0.1) is 27.7 Å². The first-order valence-electron chi connectivity index (χ1n) is 38.9. The van der Waals surface area contributed by atoms with E-state index in [1.165, 1.54) is 42.7 Å². The van der Waals surface area contributed by atoms with Crippen molar-refractivity contribution in [2.24, 2.45) is 0 Å². The number of oxazole rings is 1. The van der Waals surface area contributed by atoms with Crippen LogP contribution in [0.25, 0.3) is 63.8 Å². The molecular formula is C92H125N17O2S4. The van der Waals surface area contributed by atoms with Crippen LogP contribution in [0.2, 0.25) is 0 Å². The highest BCUT2D eigenvalue weighted by Crippen LogP contribution is 2.32. The van der Waals surface area contributed by atoms with Crippen LogP contribution < -0.4 is 0 Å². The molecule has 0 amide bonds. The number of pyridine rings is 1. The number of thiazole rings is 3. The summed E-state index contributed by atoms with van der Waals surface area (Å²) in [5.74, 6) is 0.800. The summed E-state index contributed by atoms with van der Waals surface area (Å²) in [6, 6.07) is 36.2. The molecule has 0 bridgehead atoms. The molecule has 0 aliphatic rings. The Morgan fingerprint density at radius 1 is 0.383 bits per heavy atom. The summed E-state index contributed by atoms with van der Waals surface area (Å²) in [4.78, 5) is 35.2. The van der Waals surface area contributed by atoms with Crippen molar-refractivity contribution in [2.75, 3.05) is 0 Å². The van der Waals surface area contributed by atoms with E-state index >= 15 is 0 Å². The van der Waals surface area contributed by atoms with E-state index in [0.717, 1.165) is 81.4 Å². The first-order valence-corrected chi connectivity index (χ1v) is 42.2. The third-order valence-electron chi connectivity index (χ3n) is 17.7. The van der Waals surface area contributed by atoms with Crippen LogP contribution in [0.15, 0.2) is 179 Å². The van der Waals surface area contributed by atoms with Gasteiger partial charge in [-0.15, -0.1) is 39.1 Å². The standard InChI is InChI=1S/C11H14N2.2C11H13NO.C10H13N3.3C10H14N2S.C10H15N.C8H11N3S.CH4/c1-11(2,3)13-8-9-6-4-5-7-10(9)12-13;1-11(2,3)10-12-8-6-4-5-7-9(8)13-10;1-11(2,3)10-8-6-4-5-7-9(8)13-12-10;1-10(2,3)13-9-7-5-4-6-8(9)11-12-13;3*1-7-5-12-6-8(10(2,3)4)11-9(12)13-7;1-8-5-6-9(11-7-8)10(2,3)4;1-8(2,3)6-4-11-7(10-6)12-5-9-11;/h4-8H,1-3H3;3*4-7H,1-3H3;3*5-6H,1-4H3;5-7H,1-4H3;4-5H,1-3H3;1H4. The molecule has 0 saturated heterocycles. The van der Waals surface area contributed by atoms with E-state index in [1.54, 1.807) is 50.9 Å². The van der Waals surface area contributed by atoms with Crippen LogP contribution in [-0.2, 0) is 49.0 Å². The highest BCUT2D eigenvalue weighted by atomic mass is 32.1. The van der Waals surface area contributed by atoms with Crippen LogP contribution in [0.3, 0.4) is 0 Å². The predicted octanol–water partition coefficient (Wildman–Crippen LogP) is 25.6. The Labute approximate surface area is 697 Å². The molecule has 0 fully saturated rings. The van der Waals surface area contributed by atoms with Gasteiger partial charge in [0.2, 0.25) is 10.9 Å². The largest absolute Gasteiger partial charge is 0.440 e. The van der Waals surface area contributed by atoms with Crippen LogP contribution in [-0.4, -0.2) is 82.7 Å². The van der Waals surface area contributed by atoms with Crippen LogP contribution in [0.4, 0.5) is 0 Å². The summed E-state index contributed by atoms with van der Waals surface area (Å²) >= 11 is 6.79. The maximum absolute atomic E-state index is 5.62. The minimum atomic E-state index is -0.0149. The Morgan fingerprint density at radius 2 is 0.826 bits per heavy atom. The van der Waals surface area contributed by atoms with Crippen molar-refractivity contribution in [1.82, 2.24) is 82.7 Å². The van der Waals surface area contributed by atoms with Gasteiger partial charge in [0, 0.05) is 119 Å². The molecule has 17 aromatic rings. The van der Waals surface area contributed by atoms with E-state index in [1.807, 2.05) is 117 Å². The number of hydrogen-bond donors (Lipinski definition) is 0. The fraction of sp³-hybridized carbons (Fsp3) is 0.446. The van der Waals surface area contributed by atoms with Gasteiger partial charge >= 0.3 is 0 Å². The van der Waals surface area contributed by atoms with Crippen LogP contribution >= 0.6 is 45.3 Å². The van der Waals surface area contributed by atoms with Gasteiger partial charge in [-0.25, -0.2) is 34.1 Å². The number of nitrogens with zero attached hydrogens (tertiary/aromatic N) is 17. The highest BCUT2D eigenvalue weighted by Gasteiger charge is 2.26. The molecule has 23 heteroatoms. The number of rotatable bonds is 0. The highest BCUT2D eigenvalue weighted by molar-refractivity contribution is 7.17. The molecule has 19 nitrogen and oxygen atoms in total. The molecular weight excluding hydrogens is 1500 g/mol. The normalized spacial score (nSPS) is 12.2. The second-order valence-corrected chi connectivity index (χ2v) is 42.5. The Morgan fingerprint density at radius 3 is 1.25 bits per heavy atom. The van der Waals surface area contributed by atoms with Crippen molar-refractivity contribution in [3.8, 4) is 0 Å². The molecule has 0 unspecified atom stereocenters. The van der Waals surface area contributed by atoms with Crippen LogP contribution in [0.5, 0.6) is 0 Å². The molecule has 13 aromatic heterocycles. The zero-order chi connectivity index (χ0) is 84.1. The second-order valence-electron chi connectivity index (χ2n) is 38.0. The topological polar surface area (TPSA) is 196 Å². The van der Waals surface area contributed by atoms with E-state index in [-0.39, 0.29) is 56.4 Å². The smallest absolute Gasteiger partial charge is 0.212 e. The SMILES string of the molecule is C.CC(C)(C)c1cn2ncsc2n1.CC(C)(C)c1nc2ccccc2o1.CC(C)(C)c1noc2ccccc12.CC(C)(C)n1cc2ccccc2n1.CC(C)(C)n1nnc2ccccc21.Cc1ccc(C(C)(C)C)nc1.Cc1cn2cc(C(C)(C)C)nc2s1.Cc1cn2cc(C(C)(C)C)nc2s1.Cc1cn2cc(C(C)(C)C)nc2s1. The summed E-state index contributed by atoms with van der Waals surface area (Å²) in [6.07, 6.45) is 18.8. The lowest BCUT2D eigenvalue weighted by Crippen LogP contribution is -2.22. The van der Waals surface area contributed by atoms with Gasteiger partial charge < -0.3 is 8.94 Å². The predicted molar refractivity (Wildman–Crippen MR) is 486 cm³/mol. The number of aromatic nitrogens is 17. The molecule has 0 spiro atoms. The first-order chi connectivity index (χ1) is 52.8. The molecule has 115 heavy (non-hydrogen) atoms. The van der Waals surface area contributed by atoms with Crippen molar-refractivity contribution in [2.45, 2.75) is 271 Å². The van der Waals surface area contributed by atoms with Crippen molar-refractivity contribution in [3.63, 3.8) is 0 Å². The number of para-hydroxylation sites is 4. The number of hydrogen-bond acceptors (Lipinski definition) is 17. The number of aryl methyl sites for hydroxylation is 4. The molecule has 0 atom stereocenters. The zero-order valence-electron chi connectivity index (χ0n) is 73.2. The molecule has 17 rings (SSSR count). The lowest BCUT2D eigenvalue weighted by Gasteiger charge is -2.18. The first kappa shape index (κ1) is 91.0. The van der Waals surface area contributed by atoms with Gasteiger partial charge in [0.15, 0.2) is 26.0 Å². The van der Waals surface area contributed by atoms with E-state index in [2.05, 4.69) is 345 Å². The van der Waals surface area contributed by atoms with E-state index in [4.69, 9.17) is 8.94 Å². The summed E-state index contributed by atoms with van der Waals surface area (Å²) < 4.78 is 23.0. The Kier molecular flexibility index (Phi) is 28.4. The third-order valence-corrected chi connectivity index (χ3v) is 21.1. The molecule has 4 aromatic carbocycles. The summed E-state index contributed by atoms with van der Waals surface area (Å²) in [5, 5.41) is 23.3. The Hall–Kier alpha value is -9.55. The Balaban J connectivity index is 0.000000162. The summed E-state index contributed by atoms with van der Waals surface area (Å²) in [5.41, 5.74) is 16.4. The van der Waals surface area contributed by atoms with Crippen molar-refractivity contribution in [1.29, 1.82) is 0 Å². The van der Waals surface area contributed by atoms with Gasteiger partial charge in [0.05, 0.1) is 56.8 Å². The quantitative estimate of drug-likeness (QED) is 0.139. The Bertz CT molecular complexity index is 5330. The molecule has 0 aliphatic heterocycles. The van der Waals surface area contributed by atoms with Crippen molar-refractivity contribution < 1.29 is 8.94 Å². The average Bonchev–Trinajstić information content (AvgIpc) is 1.67. The summed E-state index contributed by atoms with van der Waals surface area (Å²) in [7, 11) is 0. The molecule has 0 aliphatic carbocycles. The lowest BCUT2D eigenvalue weighted by molar-refractivity contribution is 0.358. The fourth-order valence-electron chi connectivity index (χ4n) is 11.0. The minimum Gasteiger partial charge on any atom is -0.440 e. The third kappa shape index (κ3) is 24.8. The summed E-state index contributed by atoms with van der Waals surface area (Å²) in [6.45, 7) is 66.5. The minimum absolute atomic E-state index is 0. The molecule has 13 heterocycles. The maximum Gasteiger partial charge on any atom is 0.212 e. The number of fused-ring (bicyclic) bond motifs is 8. The van der Waals surface area contributed by atoms with Gasteiger partial charge in [0.1, 0.15) is 16.5 Å². The van der Waals surface area contributed by atoms with Crippen molar-refractivity contribution >= 4 is 109 Å². The fourth-order valence-corrected chi connectivity index (χ4v) is 14.0. The van der Waals surface area contributed by atoms with E-state index in [0.29, 0.717) is 0 Å². The molecule has 0 saturated carbocycles. The van der Waals surface area contributed by atoms with Gasteiger partial charge in [-0.05, 0) is 123 Å². The second kappa shape index (κ2) is 35.9. The van der Waals surface area contributed by atoms with Crippen LogP contribution in [0.1, 0.15) is 255 Å². The molecule has 0 radical (unpaired) electrons. The van der Waals surface area contributed by atoms with E-state index in [9.17, 15) is 0 Å².